The number of ether oxygens (including phenoxy) is 1. The minimum absolute atomic E-state index is 0.116. The van der Waals surface area contributed by atoms with Gasteiger partial charge in [0, 0.05) is 12.0 Å². The number of hydrogen-bond donors (Lipinski definition) is 3. The van der Waals surface area contributed by atoms with Crippen LogP contribution >= 0.6 is 0 Å². The summed E-state index contributed by atoms with van der Waals surface area (Å²) in [5, 5.41) is 29.6. The van der Waals surface area contributed by atoms with Crippen molar-refractivity contribution >= 4 is 0 Å². The van der Waals surface area contributed by atoms with Crippen molar-refractivity contribution in [2.24, 2.45) is 0 Å². The number of phenolic OH excluding ortho intramolecular Hbond substituents is 2. The van der Waals surface area contributed by atoms with Crippen molar-refractivity contribution in [1.82, 2.24) is 0 Å². The summed E-state index contributed by atoms with van der Waals surface area (Å²) in [4.78, 5) is 0. The highest BCUT2D eigenvalue weighted by Gasteiger charge is 2.37. The van der Waals surface area contributed by atoms with Crippen LogP contribution in [0.1, 0.15) is 19.4 Å². The summed E-state index contributed by atoms with van der Waals surface area (Å²) in [5.41, 5.74) is 1.62. The molecule has 0 saturated heterocycles. The van der Waals surface area contributed by atoms with Crippen LogP contribution in [-0.2, 0) is 6.42 Å². The second kappa shape index (κ2) is 4.67. The fourth-order valence-corrected chi connectivity index (χ4v) is 2.54. The van der Waals surface area contributed by atoms with E-state index in [0.717, 1.165) is 11.1 Å². The molecule has 1 unspecified atom stereocenters. The van der Waals surface area contributed by atoms with Gasteiger partial charge in [-0.25, -0.2) is 0 Å². The van der Waals surface area contributed by atoms with E-state index < -0.39 is 11.7 Å². The summed E-state index contributed by atoms with van der Waals surface area (Å²) in [6, 6.07) is 10.3. The molecule has 0 amide bonds. The van der Waals surface area contributed by atoms with Gasteiger partial charge in [0.15, 0.2) is 0 Å². The molecular weight excluding hydrogens is 268 g/mol. The standard InChI is InChI=1S/C17H18O4/c1-17(2)16(20)9-13-14(19)7-11(8-15(13)21-17)10-3-5-12(18)6-4-10/h3-8,16,18-20H,9H2,1-2H3. The first-order chi connectivity index (χ1) is 9.87. The number of hydrogen-bond acceptors (Lipinski definition) is 4. The van der Waals surface area contributed by atoms with Gasteiger partial charge < -0.3 is 20.1 Å². The molecule has 0 aromatic heterocycles. The molecule has 110 valence electrons. The lowest BCUT2D eigenvalue weighted by atomic mass is 9.89. The Morgan fingerprint density at radius 1 is 1.05 bits per heavy atom. The first-order valence-corrected chi connectivity index (χ1v) is 6.89. The molecule has 0 fully saturated rings. The summed E-state index contributed by atoms with van der Waals surface area (Å²) >= 11 is 0. The van der Waals surface area contributed by atoms with Gasteiger partial charge in [0.25, 0.3) is 0 Å². The molecule has 1 heterocycles. The number of aliphatic hydroxyl groups is 1. The van der Waals surface area contributed by atoms with E-state index in [4.69, 9.17) is 4.74 Å². The Morgan fingerprint density at radius 3 is 2.38 bits per heavy atom. The molecule has 4 heteroatoms. The number of fused-ring (bicyclic) bond motifs is 1. The predicted molar refractivity (Wildman–Crippen MR) is 79.6 cm³/mol. The maximum atomic E-state index is 10.2. The highest BCUT2D eigenvalue weighted by atomic mass is 16.5. The fraction of sp³-hybridized carbons (Fsp3) is 0.294. The van der Waals surface area contributed by atoms with E-state index in [1.807, 2.05) is 19.9 Å². The number of phenols is 2. The Hall–Kier alpha value is -2.20. The van der Waals surface area contributed by atoms with Crippen LogP contribution in [0.15, 0.2) is 36.4 Å². The van der Waals surface area contributed by atoms with Gasteiger partial charge in [0.05, 0.1) is 6.10 Å². The molecule has 0 bridgehead atoms. The normalized spacial score (nSPS) is 19.7. The molecule has 3 N–H and O–H groups in total. The van der Waals surface area contributed by atoms with Crippen LogP contribution in [0.5, 0.6) is 17.2 Å². The van der Waals surface area contributed by atoms with Crippen LogP contribution in [0, 0.1) is 0 Å². The molecular formula is C17H18O4. The van der Waals surface area contributed by atoms with Crippen LogP contribution in [0.25, 0.3) is 11.1 Å². The zero-order chi connectivity index (χ0) is 15.2. The average Bonchev–Trinajstić information content (AvgIpc) is 2.41. The van der Waals surface area contributed by atoms with Gasteiger partial charge in [0.2, 0.25) is 0 Å². The first-order valence-electron chi connectivity index (χ1n) is 6.89. The number of aliphatic hydroxyl groups excluding tert-OH is 1. The first kappa shape index (κ1) is 13.8. The largest absolute Gasteiger partial charge is 0.508 e. The van der Waals surface area contributed by atoms with Gasteiger partial charge in [-0.3, -0.25) is 0 Å². The Balaban J connectivity index is 2.07. The number of benzene rings is 2. The highest BCUT2D eigenvalue weighted by Crippen LogP contribution is 2.41. The maximum Gasteiger partial charge on any atom is 0.129 e. The van der Waals surface area contributed by atoms with Crippen molar-refractivity contribution in [2.75, 3.05) is 0 Å². The van der Waals surface area contributed by atoms with E-state index in [0.29, 0.717) is 17.7 Å². The van der Waals surface area contributed by atoms with Gasteiger partial charge in [0.1, 0.15) is 22.8 Å². The Bertz CT molecular complexity index is 674. The molecule has 4 nitrogen and oxygen atoms in total. The average molecular weight is 286 g/mol. The molecule has 2 aromatic carbocycles. The Labute approximate surface area is 123 Å². The molecule has 1 aliphatic heterocycles. The number of rotatable bonds is 1. The van der Waals surface area contributed by atoms with Crippen molar-refractivity contribution in [2.45, 2.75) is 32.0 Å². The van der Waals surface area contributed by atoms with Crippen molar-refractivity contribution in [3.63, 3.8) is 0 Å². The summed E-state index contributed by atoms with van der Waals surface area (Å²) in [5.74, 6) is 0.903. The van der Waals surface area contributed by atoms with Crippen LogP contribution in [0.4, 0.5) is 0 Å². The third-order valence-corrected chi connectivity index (χ3v) is 3.96. The lowest BCUT2D eigenvalue weighted by Gasteiger charge is -2.37. The van der Waals surface area contributed by atoms with Crippen LogP contribution in [-0.4, -0.2) is 27.0 Å². The van der Waals surface area contributed by atoms with Gasteiger partial charge in [-0.1, -0.05) is 12.1 Å². The summed E-state index contributed by atoms with van der Waals surface area (Å²) in [6.45, 7) is 3.65. The topological polar surface area (TPSA) is 69.9 Å². The molecule has 2 aromatic rings. The highest BCUT2D eigenvalue weighted by molar-refractivity contribution is 5.70. The molecule has 1 aliphatic rings. The van der Waals surface area contributed by atoms with Gasteiger partial charge in [-0.15, -0.1) is 0 Å². The van der Waals surface area contributed by atoms with Crippen LogP contribution in [0.3, 0.4) is 0 Å². The van der Waals surface area contributed by atoms with E-state index in [9.17, 15) is 15.3 Å². The second-order valence-electron chi connectivity index (χ2n) is 5.94. The van der Waals surface area contributed by atoms with Crippen molar-refractivity contribution < 1.29 is 20.1 Å². The Morgan fingerprint density at radius 2 is 1.71 bits per heavy atom. The van der Waals surface area contributed by atoms with E-state index >= 15 is 0 Å². The Kier molecular flexibility index (Phi) is 3.06. The quantitative estimate of drug-likeness (QED) is 0.754. The van der Waals surface area contributed by atoms with Crippen LogP contribution in [0.2, 0.25) is 0 Å². The third-order valence-electron chi connectivity index (χ3n) is 3.96. The maximum absolute atomic E-state index is 10.2. The molecule has 0 spiro atoms. The molecule has 1 atom stereocenters. The minimum atomic E-state index is -0.687. The van der Waals surface area contributed by atoms with Gasteiger partial charge in [-0.05, 0) is 49.2 Å². The zero-order valence-corrected chi connectivity index (χ0v) is 12.0. The van der Waals surface area contributed by atoms with Crippen molar-refractivity contribution in [1.29, 1.82) is 0 Å². The fourth-order valence-electron chi connectivity index (χ4n) is 2.54. The van der Waals surface area contributed by atoms with E-state index in [1.54, 1.807) is 30.3 Å². The van der Waals surface area contributed by atoms with Gasteiger partial charge >= 0.3 is 0 Å². The lowest BCUT2D eigenvalue weighted by molar-refractivity contribution is -0.0416. The third kappa shape index (κ3) is 2.43. The molecule has 0 aliphatic carbocycles. The molecule has 0 saturated carbocycles. The predicted octanol–water partition coefficient (Wildman–Crippen LogP) is 2.84. The smallest absolute Gasteiger partial charge is 0.129 e. The van der Waals surface area contributed by atoms with Crippen molar-refractivity contribution in [3.05, 3.63) is 42.0 Å². The molecule has 21 heavy (non-hydrogen) atoms. The zero-order valence-electron chi connectivity index (χ0n) is 12.0. The minimum Gasteiger partial charge on any atom is -0.508 e. The molecule has 0 radical (unpaired) electrons. The van der Waals surface area contributed by atoms with Crippen molar-refractivity contribution in [3.8, 4) is 28.4 Å². The van der Waals surface area contributed by atoms with E-state index in [1.165, 1.54) is 0 Å². The van der Waals surface area contributed by atoms with E-state index in [-0.39, 0.29) is 11.5 Å². The van der Waals surface area contributed by atoms with Crippen LogP contribution < -0.4 is 4.74 Å². The van der Waals surface area contributed by atoms with E-state index in [2.05, 4.69) is 0 Å². The summed E-state index contributed by atoms with van der Waals surface area (Å²) < 4.78 is 5.84. The monoisotopic (exact) mass is 286 g/mol. The number of aromatic hydroxyl groups is 2. The SMILES string of the molecule is CC1(C)Oc2cc(-c3ccc(O)cc3)cc(O)c2CC1O. The second-order valence-corrected chi connectivity index (χ2v) is 5.94. The lowest BCUT2D eigenvalue weighted by Crippen LogP contribution is -2.46. The molecule has 3 rings (SSSR count). The summed E-state index contributed by atoms with van der Waals surface area (Å²) in [7, 11) is 0. The van der Waals surface area contributed by atoms with Gasteiger partial charge in [-0.2, -0.15) is 0 Å². The summed E-state index contributed by atoms with van der Waals surface area (Å²) in [6.07, 6.45) is -0.292.